The predicted octanol–water partition coefficient (Wildman–Crippen LogP) is 1.68. The molecule has 14 heavy (non-hydrogen) atoms. The molecule has 0 aliphatic carbocycles. The molecule has 1 rings (SSSR count). The zero-order valence-electron chi connectivity index (χ0n) is 8.53. The topological polar surface area (TPSA) is 83.5 Å². The molecular weight excluding hydrogens is 182 g/mol. The molecule has 0 heterocycles. The number of aliphatic carboxylic acids is 1. The van der Waals surface area contributed by atoms with Gasteiger partial charge in [0.15, 0.2) is 0 Å². The van der Waals surface area contributed by atoms with Crippen molar-refractivity contribution in [3.8, 4) is 5.75 Å². The van der Waals surface area contributed by atoms with Crippen molar-refractivity contribution in [2.24, 2.45) is 0 Å². The number of carboxylic acid groups (broad SMARTS) is 1. The van der Waals surface area contributed by atoms with E-state index in [9.17, 15) is 5.11 Å². The third-order valence-electron chi connectivity index (χ3n) is 1.51. The maximum atomic E-state index is 9.28. The van der Waals surface area contributed by atoms with E-state index >= 15 is 0 Å². The second-order valence-electron chi connectivity index (χ2n) is 3.02. The molecule has 4 heteroatoms. The first-order valence-electron chi connectivity index (χ1n) is 4.09. The van der Waals surface area contributed by atoms with Gasteiger partial charge < -0.3 is 15.9 Å². The fourth-order valence-corrected chi connectivity index (χ4v) is 0.989. The number of aryl methyl sites for hydroxylation is 2. The van der Waals surface area contributed by atoms with E-state index < -0.39 is 5.97 Å². The first-order chi connectivity index (χ1) is 6.34. The van der Waals surface area contributed by atoms with Gasteiger partial charge in [-0.05, 0) is 37.1 Å². The highest BCUT2D eigenvalue weighted by molar-refractivity contribution is 5.62. The van der Waals surface area contributed by atoms with Crippen molar-refractivity contribution >= 4 is 11.7 Å². The van der Waals surface area contributed by atoms with Gasteiger partial charge in [0.2, 0.25) is 0 Å². The summed E-state index contributed by atoms with van der Waals surface area (Å²) in [5, 5.41) is 16.7. The van der Waals surface area contributed by atoms with Crippen molar-refractivity contribution < 1.29 is 15.0 Å². The molecule has 4 nitrogen and oxygen atoms in total. The molecule has 78 valence electrons. The Morgan fingerprint density at radius 2 is 1.57 bits per heavy atom. The lowest BCUT2D eigenvalue weighted by Gasteiger charge is -2.03. The standard InChI is InChI=1S/C8H11NO.C2H4O2/c1-5-3-7(9)4-6(2)8(5)10;1-2(3)4/h3-4,10H,9H2,1-2H3;1H3,(H,3,4). The maximum Gasteiger partial charge on any atom is 0.300 e. The largest absolute Gasteiger partial charge is 0.507 e. The van der Waals surface area contributed by atoms with Crippen molar-refractivity contribution in [1.82, 2.24) is 0 Å². The molecular formula is C10H15NO3. The molecule has 0 amide bonds. The van der Waals surface area contributed by atoms with Crippen LogP contribution in [-0.2, 0) is 4.79 Å². The molecule has 0 aliphatic rings. The summed E-state index contributed by atoms with van der Waals surface area (Å²) in [5.74, 6) is -0.491. The molecule has 1 aromatic carbocycles. The van der Waals surface area contributed by atoms with E-state index in [1.807, 2.05) is 13.8 Å². The lowest BCUT2D eigenvalue weighted by Crippen LogP contribution is -1.87. The zero-order chi connectivity index (χ0) is 11.3. The molecule has 0 aliphatic heterocycles. The molecule has 0 radical (unpaired) electrons. The number of hydrogen-bond donors (Lipinski definition) is 3. The van der Waals surface area contributed by atoms with Crippen molar-refractivity contribution in [3.05, 3.63) is 23.3 Å². The number of nitrogen functional groups attached to an aromatic ring is 1. The molecule has 0 fully saturated rings. The Balaban J connectivity index is 0.000000364. The molecule has 0 saturated heterocycles. The number of carbonyl (C=O) groups is 1. The summed E-state index contributed by atoms with van der Waals surface area (Å²) < 4.78 is 0. The van der Waals surface area contributed by atoms with Gasteiger partial charge in [-0.1, -0.05) is 0 Å². The molecule has 0 unspecified atom stereocenters. The van der Waals surface area contributed by atoms with Crippen molar-refractivity contribution in [2.45, 2.75) is 20.8 Å². The quantitative estimate of drug-likeness (QED) is 0.436. The second-order valence-corrected chi connectivity index (χ2v) is 3.02. The van der Waals surface area contributed by atoms with Crippen LogP contribution in [0, 0.1) is 13.8 Å². The van der Waals surface area contributed by atoms with E-state index in [0.29, 0.717) is 11.4 Å². The highest BCUT2D eigenvalue weighted by Gasteiger charge is 1.99. The van der Waals surface area contributed by atoms with E-state index in [4.69, 9.17) is 15.6 Å². The SMILES string of the molecule is CC(=O)O.Cc1cc(N)cc(C)c1O. The van der Waals surface area contributed by atoms with Crippen molar-refractivity contribution in [3.63, 3.8) is 0 Å². The van der Waals surface area contributed by atoms with Crippen LogP contribution in [-0.4, -0.2) is 16.2 Å². The van der Waals surface area contributed by atoms with Gasteiger partial charge in [0.1, 0.15) is 5.75 Å². The van der Waals surface area contributed by atoms with Gasteiger partial charge in [-0.3, -0.25) is 4.79 Å². The second kappa shape index (κ2) is 5.11. The summed E-state index contributed by atoms with van der Waals surface area (Å²) in [6, 6.07) is 3.50. The van der Waals surface area contributed by atoms with Gasteiger partial charge in [-0.15, -0.1) is 0 Å². The third-order valence-corrected chi connectivity index (χ3v) is 1.51. The molecule has 0 spiro atoms. The predicted molar refractivity (Wildman–Crippen MR) is 55.3 cm³/mol. The fourth-order valence-electron chi connectivity index (χ4n) is 0.989. The summed E-state index contributed by atoms with van der Waals surface area (Å²) in [6.07, 6.45) is 0. The summed E-state index contributed by atoms with van der Waals surface area (Å²) in [5.41, 5.74) is 7.88. The first-order valence-corrected chi connectivity index (χ1v) is 4.09. The Kier molecular flexibility index (Phi) is 4.49. The third kappa shape index (κ3) is 4.35. The van der Waals surface area contributed by atoms with Crippen LogP contribution >= 0.6 is 0 Å². The van der Waals surface area contributed by atoms with Crippen molar-refractivity contribution in [1.29, 1.82) is 0 Å². The normalized spacial score (nSPS) is 8.79. The Morgan fingerprint density at radius 3 is 1.86 bits per heavy atom. The Labute approximate surface area is 83.0 Å². The molecule has 4 N–H and O–H groups in total. The fraction of sp³-hybridized carbons (Fsp3) is 0.300. The summed E-state index contributed by atoms with van der Waals surface area (Å²) >= 11 is 0. The van der Waals surface area contributed by atoms with E-state index in [1.165, 1.54) is 0 Å². The minimum absolute atomic E-state index is 0.342. The lowest BCUT2D eigenvalue weighted by atomic mass is 10.1. The lowest BCUT2D eigenvalue weighted by molar-refractivity contribution is -0.134. The number of phenols is 1. The van der Waals surface area contributed by atoms with E-state index in [-0.39, 0.29) is 0 Å². The smallest absolute Gasteiger partial charge is 0.300 e. The molecule has 0 saturated carbocycles. The average Bonchev–Trinajstić information content (AvgIpc) is 1.98. The van der Waals surface area contributed by atoms with Crippen LogP contribution in [0.5, 0.6) is 5.75 Å². The highest BCUT2D eigenvalue weighted by Crippen LogP contribution is 2.23. The first kappa shape index (κ1) is 12.3. The summed E-state index contributed by atoms with van der Waals surface area (Å²) in [4.78, 5) is 9.00. The van der Waals surface area contributed by atoms with Crippen LogP contribution in [0.15, 0.2) is 12.1 Å². The van der Waals surface area contributed by atoms with Crippen LogP contribution in [0.4, 0.5) is 5.69 Å². The van der Waals surface area contributed by atoms with E-state index in [0.717, 1.165) is 18.1 Å². The minimum atomic E-state index is -0.833. The number of benzene rings is 1. The van der Waals surface area contributed by atoms with Crippen LogP contribution in [0.2, 0.25) is 0 Å². The van der Waals surface area contributed by atoms with Crippen LogP contribution in [0.3, 0.4) is 0 Å². The summed E-state index contributed by atoms with van der Waals surface area (Å²) in [7, 11) is 0. The van der Waals surface area contributed by atoms with Gasteiger partial charge >= 0.3 is 0 Å². The van der Waals surface area contributed by atoms with Gasteiger partial charge in [-0.25, -0.2) is 0 Å². The minimum Gasteiger partial charge on any atom is -0.507 e. The summed E-state index contributed by atoms with van der Waals surface area (Å²) in [6.45, 7) is 4.75. The maximum absolute atomic E-state index is 9.28. The number of phenolic OH excluding ortho intramolecular Hbond substituents is 1. The zero-order valence-corrected chi connectivity index (χ0v) is 8.53. The Hall–Kier alpha value is -1.71. The molecule has 1 aromatic rings. The monoisotopic (exact) mass is 197 g/mol. The Bertz CT molecular complexity index is 307. The molecule has 0 bridgehead atoms. The molecule has 0 aromatic heterocycles. The number of rotatable bonds is 0. The highest BCUT2D eigenvalue weighted by atomic mass is 16.4. The van der Waals surface area contributed by atoms with Gasteiger partial charge in [0.05, 0.1) is 0 Å². The van der Waals surface area contributed by atoms with E-state index in [1.54, 1.807) is 12.1 Å². The Morgan fingerprint density at radius 1 is 1.29 bits per heavy atom. The van der Waals surface area contributed by atoms with Crippen LogP contribution < -0.4 is 5.73 Å². The molecule has 0 atom stereocenters. The van der Waals surface area contributed by atoms with Gasteiger partial charge in [-0.2, -0.15) is 0 Å². The van der Waals surface area contributed by atoms with Crippen LogP contribution in [0.1, 0.15) is 18.1 Å². The number of carboxylic acids is 1. The van der Waals surface area contributed by atoms with E-state index in [2.05, 4.69) is 0 Å². The van der Waals surface area contributed by atoms with Gasteiger partial charge in [0.25, 0.3) is 5.97 Å². The average molecular weight is 197 g/mol. The van der Waals surface area contributed by atoms with Crippen LogP contribution in [0.25, 0.3) is 0 Å². The van der Waals surface area contributed by atoms with Gasteiger partial charge in [0, 0.05) is 12.6 Å². The number of aromatic hydroxyl groups is 1. The number of hydrogen-bond acceptors (Lipinski definition) is 3. The number of anilines is 1. The van der Waals surface area contributed by atoms with Crippen molar-refractivity contribution in [2.75, 3.05) is 5.73 Å². The number of nitrogens with two attached hydrogens (primary N) is 1.